The molecule has 59 heavy (non-hydrogen) atoms. The summed E-state index contributed by atoms with van der Waals surface area (Å²) >= 11 is 0. The number of carbonyl (C=O) groups is 2. The summed E-state index contributed by atoms with van der Waals surface area (Å²) in [4.78, 5) is 33.5. The Morgan fingerprint density at radius 1 is 0.559 bits per heavy atom. The van der Waals surface area contributed by atoms with E-state index in [0.29, 0.717) is 13.0 Å². The van der Waals surface area contributed by atoms with Gasteiger partial charge in [0.1, 0.15) is 12.1 Å². The van der Waals surface area contributed by atoms with Crippen molar-refractivity contribution in [1.29, 1.82) is 0 Å². The smallest absolute Gasteiger partial charge is 0.472 e. The fourth-order valence-corrected chi connectivity index (χ4v) is 6.48. The van der Waals surface area contributed by atoms with Gasteiger partial charge in [-0.25, -0.2) is 4.57 Å². The number of ether oxygens (including phenoxy) is 2. The number of esters is 1. The monoisotopic (exact) mass is 848 g/mol. The van der Waals surface area contributed by atoms with Gasteiger partial charge in [0.2, 0.25) is 0 Å². The van der Waals surface area contributed by atoms with Crippen LogP contribution >= 0.6 is 7.82 Å². The van der Waals surface area contributed by atoms with E-state index < -0.39 is 45.1 Å². The number of allylic oxidation sites excluding steroid dienone is 14. The van der Waals surface area contributed by atoms with Gasteiger partial charge in [-0.2, -0.15) is 0 Å². The maximum atomic E-state index is 12.6. The van der Waals surface area contributed by atoms with Crippen LogP contribution in [0.3, 0.4) is 0 Å². The van der Waals surface area contributed by atoms with Crippen molar-refractivity contribution in [3.8, 4) is 0 Å². The van der Waals surface area contributed by atoms with Gasteiger partial charge in [0, 0.05) is 13.0 Å². The SMILES string of the molecule is CC/C=C\C/C=C\C/C=C\C/C=C\C/C=C\C/C=C\C/C=C\CCCCOCC(COP(=O)(O)OCC(N)C(=O)O)OC(=O)CCCCCCCCCCCCCCC. The molecule has 0 aliphatic carbocycles. The van der Waals surface area contributed by atoms with Crippen LogP contribution in [0, 0.1) is 0 Å². The van der Waals surface area contributed by atoms with Gasteiger partial charge in [0.15, 0.2) is 0 Å². The van der Waals surface area contributed by atoms with Crippen molar-refractivity contribution in [2.24, 2.45) is 5.73 Å². The van der Waals surface area contributed by atoms with Crippen LogP contribution in [0.25, 0.3) is 0 Å². The second-order valence-corrected chi connectivity index (χ2v) is 16.3. The normalized spacial score (nSPS) is 14.6. The van der Waals surface area contributed by atoms with E-state index in [0.717, 1.165) is 83.5 Å². The largest absolute Gasteiger partial charge is 0.480 e. The third-order valence-corrected chi connectivity index (χ3v) is 10.1. The van der Waals surface area contributed by atoms with Crippen molar-refractivity contribution in [3.05, 3.63) is 85.1 Å². The lowest BCUT2D eigenvalue weighted by Crippen LogP contribution is -2.34. The lowest BCUT2D eigenvalue weighted by atomic mass is 10.0. The van der Waals surface area contributed by atoms with Crippen LogP contribution in [0.2, 0.25) is 0 Å². The van der Waals surface area contributed by atoms with Crippen LogP contribution in [0.4, 0.5) is 0 Å². The minimum Gasteiger partial charge on any atom is -0.480 e. The van der Waals surface area contributed by atoms with E-state index >= 15 is 0 Å². The zero-order valence-electron chi connectivity index (χ0n) is 36.8. The molecule has 0 rings (SSSR count). The van der Waals surface area contributed by atoms with E-state index in [2.05, 4.69) is 98.9 Å². The third kappa shape index (κ3) is 43.1. The fourth-order valence-electron chi connectivity index (χ4n) is 5.70. The first-order valence-corrected chi connectivity index (χ1v) is 24.1. The standard InChI is InChI=1S/C48H82NO9P/c1-3-5-7-9-11-13-15-17-18-19-20-21-22-23-24-25-26-27-29-31-33-35-37-39-41-55-42-45(43-56-59(53,54)57-44-46(49)48(51)52)58-47(50)40-38-36-34-32-30-28-16-14-12-10-8-6-4-2/h5,7,11,13,17-18,20-21,23-24,26-27,31,33,45-46H,3-4,6,8-10,12,14-16,19,22,25,28-30,32,34-44,49H2,1-2H3,(H,51,52)(H,53,54)/b7-5-,13-11-,18-17-,21-20-,24-23-,27-26-,33-31-. The average molecular weight is 848 g/mol. The summed E-state index contributed by atoms with van der Waals surface area (Å²) in [5.74, 6) is -1.80. The van der Waals surface area contributed by atoms with E-state index in [4.69, 9.17) is 29.4 Å². The molecule has 11 heteroatoms. The first-order chi connectivity index (χ1) is 28.7. The number of carbonyl (C=O) groups excluding carboxylic acids is 1. The van der Waals surface area contributed by atoms with Crippen LogP contribution in [0.1, 0.15) is 168 Å². The second kappa shape index (κ2) is 43.2. The number of unbranched alkanes of at least 4 members (excludes halogenated alkanes) is 14. The van der Waals surface area contributed by atoms with E-state index in [1.54, 1.807) is 0 Å². The van der Waals surface area contributed by atoms with E-state index in [1.165, 1.54) is 57.8 Å². The van der Waals surface area contributed by atoms with Gasteiger partial charge in [-0.15, -0.1) is 0 Å². The summed E-state index contributed by atoms with van der Waals surface area (Å²) in [6.07, 6.45) is 55.0. The Morgan fingerprint density at radius 2 is 0.983 bits per heavy atom. The molecule has 0 heterocycles. The lowest BCUT2D eigenvalue weighted by Gasteiger charge is -2.20. The van der Waals surface area contributed by atoms with Crippen LogP contribution < -0.4 is 5.73 Å². The zero-order valence-corrected chi connectivity index (χ0v) is 37.7. The van der Waals surface area contributed by atoms with Crippen LogP contribution in [0.15, 0.2) is 85.1 Å². The van der Waals surface area contributed by atoms with Crippen molar-refractivity contribution < 1.29 is 42.7 Å². The highest BCUT2D eigenvalue weighted by Crippen LogP contribution is 2.43. The van der Waals surface area contributed by atoms with Gasteiger partial charge in [-0.1, -0.05) is 176 Å². The predicted octanol–water partition coefficient (Wildman–Crippen LogP) is 12.8. The number of aliphatic carboxylic acids is 1. The van der Waals surface area contributed by atoms with E-state index in [9.17, 15) is 19.0 Å². The number of carboxylic acids is 1. The molecule has 4 N–H and O–H groups in total. The van der Waals surface area contributed by atoms with Crippen molar-refractivity contribution in [2.75, 3.05) is 26.4 Å². The minimum atomic E-state index is -4.63. The first kappa shape index (κ1) is 56.1. The number of phosphoric acid groups is 1. The molecular weight excluding hydrogens is 765 g/mol. The zero-order chi connectivity index (χ0) is 43.3. The lowest BCUT2D eigenvalue weighted by molar-refractivity contribution is -0.154. The van der Waals surface area contributed by atoms with Gasteiger partial charge in [0.25, 0.3) is 0 Å². The molecule has 0 aliphatic rings. The highest BCUT2D eigenvalue weighted by molar-refractivity contribution is 7.47. The summed E-state index contributed by atoms with van der Waals surface area (Å²) in [5.41, 5.74) is 5.35. The van der Waals surface area contributed by atoms with E-state index in [1.807, 2.05) is 0 Å². The van der Waals surface area contributed by atoms with E-state index in [-0.39, 0.29) is 13.0 Å². The van der Waals surface area contributed by atoms with Crippen molar-refractivity contribution in [1.82, 2.24) is 0 Å². The maximum absolute atomic E-state index is 12.6. The minimum absolute atomic E-state index is 0.0164. The van der Waals surface area contributed by atoms with Gasteiger partial charge in [-0.3, -0.25) is 18.6 Å². The Labute approximate surface area is 358 Å². The maximum Gasteiger partial charge on any atom is 0.472 e. The Morgan fingerprint density at radius 3 is 1.44 bits per heavy atom. The Hall–Kier alpha value is -2.85. The molecule has 0 saturated heterocycles. The van der Waals surface area contributed by atoms with Gasteiger partial charge >= 0.3 is 19.8 Å². The number of hydrogen-bond acceptors (Lipinski definition) is 8. The van der Waals surface area contributed by atoms with Crippen molar-refractivity contribution in [2.45, 2.75) is 180 Å². The number of carboxylic acid groups (broad SMARTS) is 1. The number of rotatable bonds is 42. The molecule has 3 unspecified atom stereocenters. The number of phosphoric ester groups is 1. The van der Waals surface area contributed by atoms with Crippen LogP contribution in [-0.2, 0) is 32.7 Å². The van der Waals surface area contributed by atoms with Gasteiger partial charge in [-0.05, 0) is 70.6 Å². The summed E-state index contributed by atoms with van der Waals surface area (Å²) in [6, 6.07) is -1.48. The Balaban J connectivity index is 4.30. The van der Waals surface area contributed by atoms with Crippen molar-refractivity contribution >= 4 is 19.8 Å². The van der Waals surface area contributed by atoms with Gasteiger partial charge in [0.05, 0.1) is 19.8 Å². The molecule has 10 nitrogen and oxygen atoms in total. The molecule has 0 radical (unpaired) electrons. The molecule has 338 valence electrons. The summed E-state index contributed by atoms with van der Waals surface area (Å²) in [6.45, 7) is 3.64. The van der Waals surface area contributed by atoms with Gasteiger partial charge < -0.3 is 25.2 Å². The summed E-state index contributed by atoms with van der Waals surface area (Å²) in [7, 11) is -4.63. The van der Waals surface area contributed by atoms with Crippen LogP contribution in [-0.4, -0.2) is 60.5 Å². The predicted molar refractivity (Wildman–Crippen MR) is 244 cm³/mol. The molecule has 0 spiro atoms. The topological polar surface area (TPSA) is 155 Å². The third-order valence-electron chi connectivity index (χ3n) is 9.19. The highest BCUT2D eigenvalue weighted by atomic mass is 31.2. The fraction of sp³-hybridized carbons (Fsp3) is 0.667. The summed E-state index contributed by atoms with van der Waals surface area (Å²) < 4.78 is 33.3. The molecular formula is C48H82NO9P. The molecule has 3 atom stereocenters. The highest BCUT2D eigenvalue weighted by Gasteiger charge is 2.27. The quantitative estimate of drug-likeness (QED) is 0.0234. The molecule has 0 bridgehead atoms. The van der Waals surface area contributed by atoms with Crippen LogP contribution in [0.5, 0.6) is 0 Å². The molecule has 0 amide bonds. The second-order valence-electron chi connectivity index (χ2n) is 14.8. The Kier molecular flexibility index (Phi) is 41.2. The van der Waals surface area contributed by atoms with Crippen molar-refractivity contribution in [3.63, 3.8) is 0 Å². The molecule has 0 fully saturated rings. The average Bonchev–Trinajstić information content (AvgIpc) is 3.21. The molecule has 0 aromatic carbocycles. The molecule has 0 aromatic heterocycles. The molecule has 0 aromatic rings. The molecule has 0 saturated carbocycles. The Bertz CT molecular complexity index is 1260. The first-order valence-electron chi connectivity index (χ1n) is 22.6. The number of nitrogens with two attached hydrogens (primary N) is 1. The molecule has 0 aliphatic heterocycles. The number of hydrogen-bond donors (Lipinski definition) is 3. The summed E-state index contributed by atoms with van der Waals surface area (Å²) in [5, 5.41) is 8.90.